The van der Waals surface area contributed by atoms with Crippen LogP contribution in [0.4, 0.5) is 5.82 Å². The molecule has 264 valence electrons. The standard InChI is InChI=1S/C37H49N5O6S/c1-21-14-31(49-7)30(36(45)40-21)17-39-35(44)28-15-29(26-8-9-32(38-16-26)42-19-23(3)46-24(4)20-42)34-33(25(28)5)47-37(6,48-34)27-10-12-41(13-11-27)18-22(2)43/h8-9,14-16,22-24,27,43H,10-13,17-20H2,1-7H3,(H,39,44)(H,40,45). The number of aliphatic hydroxyl groups is 1. The van der Waals surface area contributed by atoms with Crippen molar-refractivity contribution in [2.45, 2.75) is 89.9 Å². The van der Waals surface area contributed by atoms with E-state index >= 15 is 0 Å². The van der Waals surface area contributed by atoms with Gasteiger partial charge in [0.2, 0.25) is 0 Å². The largest absolute Gasteiger partial charge is 0.448 e. The first kappa shape index (κ1) is 35.3. The maximum atomic E-state index is 13.9. The smallest absolute Gasteiger partial charge is 0.254 e. The van der Waals surface area contributed by atoms with Crippen LogP contribution in [0.5, 0.6) is 11.5 Å². The van der Waals surface area contributed by atoms with Crippen molar-refractivity contribution in [2.24, 2.45) is 5.92 Å². The van der Waals surface area contributed by atoms with Gasteiger partial charge in [0.25, 0.3) is 17.3 Å². The van der Waals surface area contributed by atoms with Gasteiger partial charge in [0.1, 0.15) is 5.82 Å². The fourth-order valence-electron chi connectivity index (χ4n) is 7.41. The van der Waals surface area contributed by atoms with Gasteiger partial charge in [0.15, 0.2) is 11.5 Å². The lowest BCUT2D eigenvalue weighted by Crippen LogP contribution is -2.49. The van der Waals surface area contributed by atoms with Crippen molar-refractivity contribution in [3.63, 3.8) is 0 Å². The Morgan fingerprint density at radius 2 is 1.84 bits per heavy atom. The van der Waals surface area contributed by atoms with Crippen molar-refractivity contribution in [1.29, 1.82) is 0 Å². The number of aliphatic hydroxyl groups excluding tert-OH is 1. The van der Waals surface area contributed by atoms with Gasteiger partial charge >= 0.3 is 0 Å². The zero-order chi connectivity index (χ0) is 35.0. The summed E-state index contributed by atoms with van der Waals surface area (Å²) in [4.78, 5) is 39.8. The normalized spacial score (nSPS) is 23.5. The number of anilines is 1. The molecule has 5 heterocycles. The van der Waals surface area contributed by atoms with Gasteiger partial charge in [-0.15, -0.1) is 11.8 Å². The molecule has 1 aromatic carbocycles. The number of H-pyrrole nitrogens is 1. The highest BCUT2D eigenvalue weighted by Crippen LogP contribution is 2.52. The molecule has 4 unspecified atom stereocenters. The molecule has 3 N–H and O–H groups in total. The van der Waals surface area contributed by atoms with Crippen LogP contribution in [0.2, 0.25) is 0 Å². The number of ether oxygens (including phenoxy) is 3. The van der Waals surface area contributed by atoms with Crippen molar-refractivity contribution >= 4 is 23.5 Å². The second-order valence-electron chi connectivity index (χ2n) is 14.0. The number of pyridine rings is 2. The molecule has 0 bridgehead atoms. The van der Waals surface area contributed by atoms with E-state index < -0.39 is 5.79 Å². The highest BCUT2D eigenvalue weighted by atomic mass is 32.2. The van der Waals surface area contributed by atoms with Gasteiger partial charge in [-0.25, -0.2) is 4.98 Å². The maximum Gasteiger partial charge on any atom is 0.254 e. The monoisotopic (exact) mass is 691 g/mol. The van der Waals surface area contributed by atoms with E-state index in [2.05, 4.69) is 33.9 Å². The van der Waals surface area contributed by atoms with Crippen molar-refractivity contribution in [2.75, 3.05) is 43.9 Å². The Balaban J connectivity index is 1.32. The molecule has 3 aliphatic rings. The molecule has 0 aliphatic carbocycles. The summed E-state index contributed by atoms with van der Waals surface area (Å²) in [6.45, 7) is 15.6. The number of likely N-dealkylation sites (tertiary alicyclic amines) is 1. The number of aromatic nitrogens is 2. The van der Waals surface area contributed by atoms with E-state index in [4.69, 9.17) is 19.2 Å². The van der Waals surface area contributed by atoms with Crippen LogP contribution < -0.4 is 25.2 Å². The van der Waals surface area contributed by atoms with Gasteiger partial charge < -0.3 is 39.4 Å². The summed E-state index contributed by atoms with van der Waals surface area (Å²) in [5.41, 5.74) is 3.74. The second-order valence-corrected chi connectivity index (χ2v) is 14.8. The number of aromatic amines is 1. The molecule has 49 heavy (non-hydrogen) atoms. The van der Waals surface area contributed by atoms with Crippen molar-refractivity contribution in [1.82, 2.24) is 20.2 Å². The van der Waals surface area contributed by atoms with Crippen LogP contribution in [-0.2, 0) is 11.3 Å². The Morgan fingerprint density at radius 3 is 2.47 bits per heavy atom. The Bertz CT molecular complexity index is 1730. The van der Waals surface area contributed by atoms with Crippen LogP contribution in [0.25, 0.3) is 11.1 Å². The van der Waals surface area contributed by atoms with Crippen LogP contribution in [-0.4, -0.2) is 89.0 Å². The molecule has 2 fully saturated rings. The van der Waals surface area contributed by atoms with Gasteiger partial charge in [-0.05, 0) is 91.1 Å². The molecule has 0 saturated carbocycles. The van der Waals surface area contributed by atoms with Crippen LogP contribution in [0.1, 0.15) is 67.7 Å². The number of hydrogen-bond acceptors (Lipinski definition) is 10. The number of amides is 1. The lowest BCUT2D eigenvalue weighted by atomic mass is 9.89. The number of morpholine rings is 1. The SMILES string of the molecule is CSc1cc(C)[nH]c(=O)c1CNC(=O)c1cc(-c2ccc(N3CC(C)OC(C)C3)nc2)c2c(c1C)OC(C)(C1CCN(CC(C)O)CC1)O2. The molecule has 2 aromatic heterocycles. The number of β-amino-alcohol motifs (C(OH)–C–C–N with tert-alkyl or cyclic N) is 1. The Kier molecular flexibility index (Phi) is 10.3. The molecule has 6 rings (SSSR count). The summed E-state index contributed by atoms with van der Waals surface area (Å²) in [6.07, 6.45) is 5.30. The summed E-state index contributed by atoms with van der Waals surface area (Å²) in [6, 6.07) is 7.80. The first-order valence-corrected chi connectivity index (χ1v) is 18.5. The number of carbonyl (C=O) groups is 1. The lowest BCUT2D eigenvalue weighted by molar-refractivity contribution is -0.125. The summed E-state index contributed by atoms with van der Waals surface area (Å²) in [5.74, 6) is 0.896. The van der Waals surface area contributed by atoms with Crippen molar-refractivity contribution in [3.05, 3.63) is 63.2 Å². The van der Waals surface area contributed by atoms with Gasteiger partial charge in [-0.1, -0.05) is 0 Å². The van der Waals surface area contributed by atoms with E-state index in [0.717, 1.165) is 66.6 Å². The van der Waals surface area contributed by atoms with Crippen LogP contribution in [0.15, 0.2) is 40.2 Å². The summed E-state index contributed by atoms with van der Waals surface area (Å²) >= 11 is 1.48. The number of thioether (sulfide) groups is 1. The highest BCUT2D eigenvalue weighted by Gasteiger charge is 2.47. The molecule has 3 aliphatic heterocycles. The zero-order valence-electron chi connectivity index (χ0n) is 29.6. The fraction of sp³-hybridized carbons (Fsp3) is 0.541. The summed E-state index contributed by atoms with van der Waals surface area (Å²) in [5, 5.41) is 12.9. The third-order valence-corrected chi connectivity index (χ3v) is 10.7. The minimum Gasteiger partial charge on any atom is -0.448 e. The van der Waals surface area contributed by atoms with E-state index in [9.17, 15) is 14.7 Å². The molecular weight excluding hydrogens is 643 g/mol. The fourth-order valence-corrected chi connectivity index (χ4v) is 8.12. The van der Waals surface area contributed by atoms with Crippen molar-refractivity contribution < 1.29 is 24.1 Å². The number of rotatable bonds is 9. The highest BCUT2D eigenvalue weighted by molar-refractivity contribution is 7.98. The van der Waals surface area contributed by atoms with Gasteiger partial charge in [0.05, 0.1) is 18.3 Å². The number of hydrogen-bond donors (Lipinski definition) is 3. The Hall–Kier alpha value is -3.58. The van der Waals surface area contributed by atoms with Crippen LogP contribution in [0, 0.1) is 19.8 Å². The number of carbonyl (C=O) groups excluding carboxylic acids is 1. The Morgan fingerprint density at radius 1 is 1.14 bits per heavy atom. The molecule has 3 aromatic rings. The average molecular weight is 692 g/mol. The molecule has 12 heteroatoms. The number of benzene rings is 1. The number of aryl methyl sites for hydroxylation is 1. The first-order chi connectivity index (χ1) is 23.3. The zero-order valence-corrected chi connectivity index (χ0v) is 30.4. The van der Waals surface area contributed by atoms with E-state index in [0.29, 0.717) is 34.7 Å². The molecule has 0 spiro atoms. The molecule has 0 radical (unpaired) electrons. The molecule has 1 amide bonds. The molecule has 4 atom stereocenters. The second kappa shape index (κ2) is 14.3. The first-order valence-electron chi connectivity index (χ1n) is 17.2. The van der Waals surface area contributed by atoms with Gasteiger partial charge in [-0.2, -0.15) is 0 Å². The molecular formula is C37H49N5O6S. The summed E-state index contributed by atoms with van der Waals surface area (Å²) in [7, 11) is 0. The minimum absolute atomic E-state index is 0.0865. The van der Waals surface area contributed by atoms with E-state index in [1.807, 2.05) is 64.4 Å². The minimum atomic E-state index is -0.927. The number of piperidine rings is 1. The number of nitrogens with zero attached hydrogens (tertiary/aromatic N) is 3. The van der Waals surface area contributed by atoms with E-state index in [1.165, 1.54) is 11.8 Å². The third-order valence-electron chi connectivity index (χ3n) is 9.87. The number of fused-ring (bicyclic) bond motifs is 1. The summed E-state index contributed by atoms with van der Waals surface area (Å²) < 4.78 is 19.4. The lowest BCUT2D eigenvalue weighted by Gasteiger charge is -2.39. The Labute approximate surface area is 292 Å². The third kappa shape index (κ3) is 7.47. The van der Waals surface area contributed by atoms with Crippen molar-refractivity contribution in [3.8, 4) is 22.6 Å². The molecule has 2 saturated heterocycles. The predicted molar refractivity (Wildman–Crippen MR) is 192 cm³/mol. The molecule has 11 nitrogen and oxygen atoms in total. The van der Waals surface area contributed by atoms with Gasteiger partial charge in [-0.3, -0.25) is 9.59 Å². The topological polar surface area (TPSA) is 129 Å². The average Bonchev–Trinajstić information content (AvgIpc) is 3.43. The maximum absolute atomic E-state index is 13.9. The van der Waals surface area contributed by atoms with E-state index in [-0.39, 0.29) is 42.2 Å². The quantitative estimate of drug-likeness (QED) is 0.267. The van der Waals surface area contributed by atoms with Crippen LogP contribution in [0.3, 0.4) is 0 Å². The predicted octanol–water partition coefficient (Wildman–Crippen LogP) is 4.90. The van der Waals surface area contributed by atoms with Crippen LogP contribution >= 0.6 is 11.8 Å². The van der Waals surface area contributed by atoms with Gasteiger partial charge in [0, 0.05) is 83.6 Å². The number of nitrogens with one attached hydrogen (secondary N) is 2. The van der Waals surface area contributed by atoms with E-state index in [1.54, 1.807) is 0 Å².